The van der Waals surface area contributed by atoms with E-state index in [1.165, 1.54) is 0 Å². The van der Waals surface area contributed by atoms with Gasteiger partial charge in [-0.15, -0.1) is 37.2 Å². The molecule has 0 aliphatic carbocycles. The van der Waals surface area contributed by atoms with Crippen LogP contribution in [-0.2, 0) is 25.4 Å². The van der Waals surface area contributed by atoms with Crippen LogP contribution in [0.15, 0.2) is 54.7 Å². The molecule has 228 valence electrons. The number of benzene rings is 2. The van der Waals surface area contributed by atoms with E-state index in [4.69, 9.17) is 11.6 Å². The summed E-state index contributed by atoms with van der Waals surface area (Å²) in [4.78, 5) is 10.7. The highest BCUT2D eigenvalue weighted by Crippen LogP contribution is 2.37. The second kappa shape index (κ2) is 15.0. The minimum atomic E-state index is -4.89. The van der Waals surface area contributed by atoms with E-state index in [0.29, 0.717) is 5.02 Å². The van der Waals surface area contributed by atoms with Crippen LogP contribution in [0.1, 0.15) is 22.3 Å². The normalized spacial score (nSPS) is 14.2. The monoisotopic (exact) mass is 664 g/mol. The third-order valence-electron chi connectivity index (χ3n) is 6.50. The molecule has 0 amide bonds. The SMILES string of the molecule is CN1CCN(c2cc(-c3ccccc3Cl)c(CN(C)Cc3cc(C(F)(F)F)cc(C(F)(F)F)c3)cn2)CC1.Cl.Cl.Cl. The maximum atomic E-state index is 13.3. The highest BCUT2D eigenvalue weighted by molar-refractivity contribution is 6.33. The van der Waals surface area contributed by atoms with Crippen LogP contribution >= 0.6 is 48.8 Å². The van der Waals surface area contributed by atoms with Crippen molar-refractivity contribution in [3.63, 3.8) is 0 Å². The molecule has 1 fully saturated rings. The van der Waals surface area contributed by atoms with Gasteiger partial charge in [-0.3, -0.25) is 4.90 Å². The molecular formula is C27H30Cl4F6N4. The third kappa shape index (κ3) is 9.53. The Hall–Kier alpha value is -1.95. The first-order chi connectivity index (χ1) is 17.8. The van der Waals surface area contributed by atoms with Crippen molar-refractivity contribution in [3.05, 3.63) is 82.0 Å². The minimum absolute atomic E-state index is 0. The average molecular weight is 666 g/mol. The molecule has 14 heteroatoms. The van der Waals surface area contributed by atoms with Crippen LogP contribution in [0.25, 0.3) is 11.1 Å². The predicted octanol–water partition coefficient (Wildman–Crippen LogP) is 8.09. The van der Waals surface area contributed by atoms with Crippen molar-refractivity contribution in [3.8, 4) is 11.1 Å². The number of likely N-dealkylation sites (N-methyl/N-ethyl adjacent to an activating group) is 1. The average Bonchev–Trinajstić information content (AvgIpc) is 2.84. The van der Waals surface area contributed by atoms with Gasteiger partial charge in [0.15, 0.2) is 0 Å². The Morgan fingerprint density at radius 2 is 1.37 bits per heavy atom. The Morgan fingerprint density at radius 3 is 1.90 bits per heavy atom. The van der Waals surface area contributed by atoms with Crippen molar-refractivity contribution >= 4 is 54.6 Å². The number of pyridine rings is 1. The second-order valence-corrected chi connectivity index (χ2v) is 9.96. The number of anilines is 1. The Balaban J connectivity index is 0.00000280. The topological polar surface area (TPSA) is 22.6 Å². The van der Waals surface area contributed by atoms with E-state index in [9.17, 15) is 26.3 Å². The van der Waals surface area contributed by atoms with Crippen LogP contribution in [-0.4, -0.2) is 55.1 Å². The van der Waals surface area contributed by atoms with Crippen molar-refractivity contribution in [2.45, 2.75) is 25.4 Å². The minimum Gasteiger partial charge on any atom is -0.354 e. The molecule has 0 N–H and O–H groups in total. The van der Waals surface area contributed by atoms with Crippen molar-refractivity contribution in [1.82, 2.24) is 14.8 Å². The van der Waals surface area contributed by atoms with E-state index in [2.05, 4.69) is 21.8 Å². The highest BCUT2D eigenvalue weighted by atomic mass is 35.5. The molecule has 2 aromatic carbocycles. The third-order valence-corrected chi connectivity index (χ3v) is 6.83. The summed E-state index contributed by atoms with van der Waals surface area (Å²) >= 11 is 6.51. The number of aromatic nitrogens is 1. The van der Waals surface area contributed by atoms with Gasteiger partial charge in [-0.05, 0) is 61.1 Å². The van der Waals surface area contributed by atoms with Crippen LogP contribution in [0.4, 0.5) is 32.2 Å². The Morgan fingerprint density at radius 1 is 0.805 bits per heavy atom. The molecule has 4 nitrogen and oxygen atoms in total. The van der Waals surface area contributed by atoms with Gasteiger partial charge in [-0.25, -0.2) is 4.98 Å². The molecule has 4 rings (SSSR count). The maximum absolute atomic E-state index is 13.3. The van der Waals surface area contributed by atoms with Gasteiger partial charge in [0, 0.05) is 56.1 Å². The number of rotatable bonds is 6. The van der Waals surface area contributed by atoms with Gasteiger partial charge in [0.1, 0.15) is 5.82 Å². The molecule has 0 atom stereocenters. The molecule has 1 aliphatic rings. The maximum Gasteiger partial charge on any atom is 0.416 e. The lowest BCUT2D eigenvalue weighted by molar-refractivity contribution is -0.143. The number of hydrogen-bond donors (Lipinski definition) is 0. The van der Waals surface area contributed by atoms with Crippen LogP contribution in [0.5, 0.6) is 0 Å². The molecule has 0 unspecified atom stereocenters. The van der Waals surface area contributed by atoms with Gasteiger partial charge in [0.05, 0.1) is 11.1 Å². The second-order valence-electron chi connectivity index (χ2n) is 9.56. The first-order valence-electron chi connectivity index (χ1n) is 12.0. The summed E-state index contributed by atoms with van der Waals surface area (Å²) in [7, 11) is 3.69. The smallest absolute Gasteiger partial charge is 0.354 e. The van der Waals surface area contributed by atoms with E-state index >= 15 is 0 Å². The quantitative estimate of drug-likeness (QED) is 0.248. The Labute approximate surface area is 258 Å². The lowest BCUT2D eigenvalue weighted by Gasteiger charge is -2.33. The van der Waals surface area contributed by atoms with Gasteiger partial charge in [0.25, 0.3) is 0 Å². The molecule has 0 radical (unpaired) electrons. The van der Waals surface area contributed by atoms with Crippen LogP contribution in [0.2, 0.25) is 5.02 Å². The number of nitrogens with zero attached hydrogens (tertiary/aromatic N) is 4. The van der Waals surface area contributed by atoms with Crippen molar-refractivity contribution in [2.75, 3.05) is 45.2 Å². The van der Waals surface area contributed by atoms with Gasteiger partial charge >= 0.3 is 12.4 Å². The van der Waals surface area contributed by atoms with Gasteiger partial charge in [-0.1, -0.05) is 29.8 Å². The Kier molecular flexibility index (Phi) is 13.5. The molecular weight excluding hydrogens is 636 g/mol. The number of piperazine rings is 1. The molecule has 0 bridgehead atoms. The van der Waals surface area contributed by atoms with Gasteiger partial charge < -0.3 is 9.80 Å². The summed E-state index contributed by atoms with van der Waals surface area (Å²) in [6.07, 6.45) is -8.08. The molecule has 2 heterocycles. The van der Waals surface area contributed by atoms with E-state index in [0.717, 1.165) is 60.8 Å². The largest absolute Gasteiger partial charge is 0.416 e. The molecule has 3 aromatic rings. The van der Waals surface area contributed by atoms with E-state index < -0.39 is 23.5 Å². The number of alkyl halides is 6. The lowest BCUT2D eigenvalue weighted by Crippen LogP contribution is -2.44. The fraction of sp³-hybridized carbons (Fsp3) is 0.370. The summed E-state index contributed by atoms with van der Waals surface area (Å²) in [6, 6.07) is 10.9. The van der Waals surface area contributed by atoms with Crippen LogP contribution in [0.3, 0.4) is 0 Å². The molecule has 0 spiro atoms. The molecule has 1 aliphatic heterocycles. The van der Waals surface area contributed by atoms with Crippen LogP contribution < -0.4 is 4.90 Å². The Bertz CT molecular complexity index is 1250. The standard InChI is InChI=1S/C27H27ClF6N4.3ClH/c1-36-7-9-38(10-8-36)25-14-23(22-5-3-4-6-24(22)28)19(15-35-25)17-37(2)16-18-11-20(26(29,30)31)13-21(12-18)27(32,33)34;;;/h3-6,11-15H,7-10,16-17H2,1-2H3;3*1H. The summed E-state index contributed by atoms with van der Waals surface area (Å²) in [5.41, 5.74) is -0.408. The summed E-state index contributed by atoms with van der Waals surface area (Å²) < 4.78 is 79.8. The summed E-state index contributed by atoms with van der Waals surface area (Å²) in [5, 5.41) is 0.527. The first kappa shape index (κ1) is 37.1. The molecule has 0 saturated carbocycles. The lowest BCUT2D eigenvalue weighted by atomic mass is 10.00. The zero-order valence-electron chi connectivity index (χ0n) is 22.1. The fourth-order valence-electron chi connectivity index (χ4n) is 4.51. The predicted molar refractivity (Wildman–Crippen MR) is 158 cm³/mol. The zero-order valence-corrected chi connectivity index (χ0v) is 25.3. The number of halogens is 10. The van der Waals surface area contributed by atoms with E-state index in [-0.39, 0.29) is 61.9 Å². The van der Waals surface area contributed by atoms with Crippen molar-refractivity contribution in [2.24, 2.45) is 0 Å². The molecule has 1 aromatic heterocycles. The fourth-order valence-corrected chi connectivity index (χ4v) is 4.74. The highest BCUT2D eigenvalue weighted by Gasteiger charge is 2.37. The molecule has 41 heavy (non-hydrogen) atoms. The molecule has 1 saturated heterocycles. The van der Waals surface area contributed by atoms with Gasteiger partial charge in [0.2, 0.25) is 0 Å². The van der Waals surface area contributed by atoms with Crippen molar-refractivity contribution < 1.29 is 26.3 Å². The van der Waals surface area contributed by atoms with E-state index in [1.54, 1.807) is 24.2 Å². The van der Waals surface area contributed by atoms with Crippen molar-refractivity contribution in [1.29, 1.82) is 0 Å². The first-order valence-corrected chi connectivity index (χ1v) is 12.3. The summed E-state index contributed by atoms with van der Waals surface area (Å²) in [5.74, 6) is 0.784. The van der Waals surface area contributed by atoms with Crippen LogP contribution in [0, 0.1) is 0 Å². The van der Waals surface area contributed by atoms with Gasteiger partial charge in [-0.2, -0.15) is 26.3 Å². The summed E-state index contributed by atoms with van der Waals surface area (Å²) in [6.45, 7) is 3.50. The van der Waals surface area contributed by atoms with E-state index in [1.807, 2.05) is 24.3 Å². The zero-order chi connectivity index (χ0) is 27.7. The number of hydrogen-bond acceptors (Lipinski definition) is 4.